The summed E-state index contributed by atoms with van der Waals surface area (Å²) >= 11 is 0. The third-order valence-electron chi connectivity index (χ3n) is 3.82. The fourth-order valence-electron chi connectivity index (χ4n) is 2.62. The van der Waals surface area contributed by atoms with Gasteiger partial charge in [-0.15, -0.1) is 13.2 Å². The minimum atomic E-state index is -4.81. The van der Waals surface area contributed by atoms with E-state index in [1.54, 1.807) is 12.1 Å². The predicted molar refractivity (Wildman–Crippen MR) is 103 cm³/mol. The Morgan fingerprint density at radius 2 is 1.66 bits per heavy atom. The minimum absolute atomic E-state index is 0.0507. The summed E-state index contributed by atoms with van der Waals surface area (Å²) in [6.45, 7) is 0.257. The van der Waals surface area contributed by atoms with Gasteiger partial charge in [-0.25, -0.2) is 0 Å². The zero-order chi connectivity index (χ0) is 21.4. The van der Waals surface area contributed by atoms with Crippen LogP contribution in [0.5, 0.6) is 23.0 Å². The first kappa shape index (κ1) is 22.0. The molecule has 0 bridgehead atoms. The third kappa shape index (κ3) is 6.09. The van der Waals surface area contributed by atoms with Crippen LogP contribution in [0, 0.1) is 0 Å². The summed E-state index contributed by atoms with van der Waals surface area (Å²) in [5.41, 5.74) is 6.66. The number of benzene rings is 2. The number of nitrogens with two attached hydrogens (primary N) is 1. The molecule has 0 spiro atoms. The van der Waals surface area contributed by atoms with E-state index in [-0.39, 0.29) is 18.2 Å². The maximum Gasteiger partial charge on any atom is 0.573 e. The van der Waals surface area contributed by atoms with Crippen LogP contribution in [0.15, 0.2) is 41.4 Å². The highest BCUT2D eigenvalue weighted by atomic mass is 19.4. The molecule has 29 heavy (non-hydrogen) atoms. The van der Waals surface area contributed by atoms with Gasteiger partial charge in [0.25, 0.3) is 0 Å². The van der Waals surface area contributed by atoms with Gasteiger partial charge in [0.05, 0.1) is 27.0 Å². The van der Waals surface area contributed by atoms with E-state index < -0.39 is 12.1 Å². The number of nitrogens with one attached hydrogen (secondary N) is 1. The molecular weight excluding hydrogens is 391 g/mol. The molecule has 2 aromatic carbocycles. The molecule has 0 saturated carbocycles. The Morgan fingerprint density at radius 1 is 0.966 bits per heavy atom. The Bertz CT molecular complexity index is 857. The highest BCUT2D eigenvalue weighted by Crippen LogP contribution is 2.39. The summed E-state index contributed by atoms with van der Waals surface area (Å²) in [5, 5.41) is 2.62. The van der Waals surface area contributed by atoms with Crippen molar-refractivity contribution in [3.8, 4) is 23.0 Å². The van der Waals surface area contributed by atoms with E-state index in [0.29, 0.717) is 23.7 Å². The number of hydrogen-bond donors (Lipinski definition) is 2. The van der Waals surface area contributed by atoms with Crippen LogP contribution < -0.4 is 30.0 Å². The molecule has 3 N–H and O–H groups in total. The summed E-state index contributed by atoms with van der Waals surface area (Å²) in [5.74, 6) is 1.04. The van der Waals surface area contributed by atoms with Crippen molar-refractivity contribution in [2.24, 2.45) is 10.7 Å². The number of methoxy groups -OCH3 is 3. The molecule has 0 saturated heterocycles. The predicted octanol–water partition coefficient (Wildman–Crippen LogP) is 3.58. The molecular formula is C19H22F3N3O4. The van der Waals surface area contributed by atoms with Crippen LogP contribution >= 0.6 is 0 Å². The number of nitrogens with zero attached hydrogens (tertiary/aromatic N) is 1. The Hall–Kier alpha value is -3.30. The zero-order valence-electron chi connectivity index (χ0n) is 16.2. The number of hydrogen-bond acceptors (Lipinski definition) is 5. The molecule has 0 aromatic heterocycles. The van der Waals surface area contributed by atoms with Crippen molar-refractivity contribution in [3.63, 3.8) is 0 Å². The maximum atomic E-state index is 12.5. The molecule has 0 atom stereocenters. The zero-order valence-corrected chi connectivity index (χ0v) is 16.2. The quantitative estimate of drug-likeness (QED) is 0.508. The van der Waals surface area contributed by atoms with Crippen LogP contribution in [0.1, 0.15) is 5.56 Å². The van der Waals surface area contributed by atoms with Gasteiger partial charge in [0, 0.05) is 12.1 Å². The summed E-state index contributed by atoms with van der Waals surface area (Å²) < 4.78 is 57.4. The van der Waals surface area contributed by atoms with Crippen LogP contribution in [0.2, 0.25) is 0 Å². The van der Waals surface area contributed by atoms with Gasteiger partial charge in [0.15, 0.2) is 23.2 Å². The second kappa shape index (κ2) is 9.76. The highest BCUT2D eigenvalue weighted by Gasteiger charge is 2.32. The van der Waals surface area contributed by atoms with E-state index in [9.17, 15) is 13.2 Å². The summed E-state index contributed by atoms with van der Waals surface area (Å²) in [4.78, 5) is 4.14. The molecule has 0 aliphatic carbocycles. The first-order valence-electron chi connectivity index (χ1n) is 8.48. The molecule has 0 radical (unpaired) electrons. The second-order valence-electron chi connectivity index (χ2n) is 5.68. The van der Waals surface area contributed by atoms with Crippen LogP contribution in [-0.2, 0) is 6.42 Å². The molecule has 0 heterocycles. The van der Waals surface area contributed by atoms with E-state index in [1.165, 1.54) is 39.5 Å². The molecule has 0 amide bonds. The van der Waals surface area contributed by atoms with Gasteiger partial charge in [0.1, 0.15) is 0 Å². The molecule has 0 aliphatic rings. The normalized spacial score (nSPS) is 11.7. The molecule has 0 aliphatic heterocycles. The lowest BCUT2D eigenvalue weighted by Crippen LogP contribution is -2.24. The first-order valence-corrected chi connectivity index (χ1v) is 8.48. The van der Waals surface area contributed by atoms with Crippen molar-refractivity contribution < 1.29 is 32.1 Å². The molecule has 158 valence electrons. The smallest absolute Gasteiger partial charge is 0.493 e. The van der Waals surface area contributed by atoms with Gasteiger partial charge in [-0.05, 0) is 24.6 Å². The standard InChI is InChI=1S/C19H22F3N3O4/c1-26-15-9-8-12(16(27-2)17(15)28-3)10-11-24-18(23)25-13-6-4-5-7-14(13)29-19(20,21)22/h4-9H,10-11H2,1-3H3,(H3,23,24,25). The molecule has 2 aromatic rings. The van der Waals surface area contributed by atoms with Crippen LogP contribution in [0.4, 0.5) is 18.9 Å². The first-order chi connectivity index (χ1) is 13.8. The van der Waals surface area contributed by atoms with E-state index >= 15 is 0 Å². The summed E-state index contributed by atoms with van der Waals surface area (Å²) in [6, 6.07) is 9.10. The third-order valence-corrected chi connectivity index (χ3v) is 3.82. The number of guanidine groups is 1. The summed E-state index contributed by atoms with van der Waals surface area (Å²) in [7, 11) is 4.54. The minimum Gasteiger partial charge on any atom is -0.493 e. The van der Waals surface area contributed by atoms with Gasteiger partial charge < -0.3 is 30.0 Å². The fourth-order valence-corrected chi connectivity index (χ4v) is 2.62. The number of halogens is 3. The SMILES string of the molecule is COc1ccc(CCN=C(N)Nc2ccccc2OC(F)(F)F)c(OC)c1OC. The average molecular weight is 413 g/mol. The number of ether oxygens (including phenoxy) is 4. The van der Waals surface area contributed by atoms with Crippen LogP contribution in [-0.4, -0.2) is 40.2 Å². The number of anilines is 1. The van der Waals surface area contributed by atoms with E-state index in [1.807, 2.05) is 6.07 Å². The Balaban J connectivity index is 2.09. The van der Waals surface area contributed by atoms with Gasteiger partial charge >= 0.3 is 6.36 Å². The van der Waals surface area contributed by atoms with E-state index in [2.05, 4.69) is 15.0 Å². The highest BCUT2D eigenvalue weighted by molar-refractivity contribution is 5.93. The van der Waals surface area contributed by atoms with Crippen molar-refractivity contribution in [1.82, 2.24) is 0 Å². The average Bonchev–Trinajstić information content (AvgIpc) is 2.67. The monoisotopic (exact) mass is 413 g/mol. The molecule has 0 unspecified atom stereocenters. The van der Waals surface area contributed by atoms with E-state index in [0.717, 1.165) is 5.56 Å². The van der Waals surface area contributed by atoms with Gasteiger partial charge in [0.2, 0.25) is 5.75 Å². The number of rotatable bonds is 8. The molecule has 10 heteroatoms. The second-order valence-corrected chi connectivity index (χ2v) is 5.68. The molecule has 2 rings (SSSR count). The lowest BCUT2D eigenvalue weighted by Gasteiger charge is -2.15. The largest absolute Gasteiger partial charge is 0.573 e. The van der Waals surface area contributed by atoms with Gasteiger partial charge in [-0.1, -0.05) is 18.2 Å². The van der Waals surface area contributed by atoms with Crippen molar-refractivity contribution in [1.29, 1.82) is 0 Å². The lowest BCUT2D eigenvalue weighted by atomic mass is 10.1. The number of alkyl halides is 3. The molecule has 7 nitrogen and oxygen atoms in total. The topological polar surface area (TPSA) is 87.3 Å². The lowest BCUT2D eigenvalue weighted by molar-refractivity contribution is -0.274. The van der Waals surface area contributed by atoms with Crippen molar-refractivity contribution in [2.45, 2.75) is 12.8 Å². The van der Waals surface area contributed by atoms with E-state index in [4.69, 9.17) is 19.9 Å². The Morgan fingerprint density at radius 3 is 2.28 bits per heavy atom. The van der Waals surface area contributed by atoms with Crippen molar-refractivity contribution >= 4 is 11.6 Å². The van der Waals surface area contributed by atoms with Crippen LogP contribution in [0.25, 0.3) is 0 Å². The molecule has 0 fully saturated rings. The number of para-hydroxylation sites is 2. The van der Waals surface area contributed by atoms with Crippen molar-refractivity contribution in [3.05, 3.63) is 42.0 Å². The van der Waals surface area contributed by atoms with Crippen LogP contribution in [0.3, 0.4) is 0 Å². The van der Waals surface area contributed by atoms with Gasteiger partial charge in [-0.3, -0.25) is 4.99 Å². The van der Waals surface area contributed by atoms with Gasteiger partial charge in [-0.2, -0.15) is 0 Å². The fraction of sp³-hybridized carbons (Fsp3) is 0.316. The summed E-state index contributed by atoms with van der Waals surface area (Å²) in [6.07, 6.45) is -4.36. The Labute approximate surface area is 166 Å². The van der Waals surface area contributed by atoms with Crippen molar-refractivity contribution in [2.75, 3.05) is 33.2 Å². The number of aliphatic imine (C=N–C) groups is 1. The Kier molecular flexibility index (Phi) is 7.40. The maximum absolute atomic E-state index is 12.5.